The zero-order valence-corrected chi connectivity index (χ0v) is 19.0. The molecule has 10 nitrogen and oxygen atoms in total. The van der Waals surface area contributed by atoms with Gasteiger partial charge in [0, 0.05) is 55.9 Å². The molecular weight excluding hydrogens is 454 g/mol. The predicted molar refractivity (Wildman–Crippen MR) is 125 cm³/mol. The molecule has 0 bridgehead atoms. The lowest BCUT2D eigenvalue weighted by Crippen LogP contribution is -2.31. The number of nitro groups is 1. The quantitative estimate of drug-likeness (QED) is 0.366. The lowest BCUT2D eigenvalue weighted by molar-refractivity contribution is -0.384. The van der Waals surface area contributed by atoms with Crippen LogP contribution in [-0.4, -0.2) is 55.3 Å². The summed E-state index contributed by atoms with van der Waals surface area (Å²) in [6.07, 6.45) is 0.0711. The third-order valence-corrected chi connectivity index (χ3v) is 6.74. The Bertz CT molecular complexity index is 1090. The van der Waals surface area contributed by atoms with Gasteiger partial charge in [0.05, 0.1) is 9.82 Å². The molecule has 0 atom stereocenters. The van der Waals surface area contributed by atoms with Crippen molar-refractivity contribution in [2.75, 3.05) is 41.8 Å². The first-order valence-electron chi connectivity index (χ1n) is 9.96. The van der Waals surface area contributed by atoms with Crippen molar-refractivity contribution < 1.29 is 18.1 Å². The summed E-state index contributed by atoms with van der Waals surface area (Å²) < 4.78 is 22.8. The van der Waals surface area contributed by atoms with Crippen LogP contribution in [0.3, 0.4) is 0 Å². The molecule has 32 heavy (non-hydrogen) atoms. The minimum Gasteiger partial charge on any atom is -0.379 e. The summed E-state index contributed by atoms with van der Waals surface area (Å²) >= 11 is 1.96. The minimum absolute atomic E-state index is 0.0711. The molecule has 0 aromatic heterocycles. The van der Waals surface area contributed by atoms with E-state index < -0.39 is 20.6 Å². The lowest BCUT2D eigenvalue weighted by Gasteiger charge is -2.26. The van der Waals surface area contributed by atoms with Gasteiger partial charge in [-0.3, -0.25) is 19.8 Å². The van der Waals surface area contributed by atoms with Crippen LogP contribution in [0, 0.1) is 10.1 Å². The Morgan fingerprint density at radius 2 is 1.94 bits per heavy atom. The van der Waals surface area contributed by atoms with Crippen LogP contribution in [0.2, 0.25) is 0 Å². The maximum atomic E-state index is 12.3. The summed E-state index contributed by atoms with van der Waals surface area (Å²) in [4.78, 5) is 24.9. The number of benzene rings is 2. The summed E-state index contributed by atoms with van der Waals surface area (Å²) in [6.45, 7) is 3.07. The highest BCUT2D eigenvalue weighted by Crippen LogP contribution is 2.27. The summed E-state index contributed by atoms with van der Waals surface area (Å²) in [5.74, 6) is 2.02. The Morgan fingerprint density at radius 1 is 1.19 bits per heavy atom. The Balaban J connectivity index is 1.54. The highest BCUT2D eigenvalue weighted by molar-refractivity contribution is 7.99. The van der Waals surface area contributed by atoms with E-state index in [0.717, 1.165) is 42.8 Å². The van der Waals surface area contributed by atoms with Gasteiger partial charge in [-0.1, -0.05) is 12.1 Å². The number of sulfonamides is 1. The van der Waals surface area contributed by atoms with Crippen molar-refractivity contribution in [2.45, 2.75) is 17.9 Å². The number of hydrogen-bond donors (Lipinski definition) is 3. The van der Waals surface area contributed by atoms with Crippen LogP contribution in [0.15, 0.2) is 47.4 Å². The first-order chi connectivity index (χ1) is 15.2. The maximum Gasteiger partial charge on any atom is 0.293 e. The molecule has 172 valence electrons. The highest BCUT2D eigenvalue weighted by Gasteiger charge is 2.19. The number of primary sulfonamides is 1. The van der Waals surface area contributed by atoms with Gasteiger partial charge in [-0.05, 0) is 29.8 Å². The van der Waals surface area contributed by atoms with Gasteiger partial charge in [-0.15, -0.1) is 0 Å². The third kappa shape index (κ3) is 6.92. The van der Waals surface area contributed by atoms with Crippen LogP contribution in [0.5, 0.6) is 0 Å². The van der Waals surface area contributed by atoms with E-state index in [1.54, 1.807) is 0 Å². The van der Waals surface area contributed by atoms with E-state index in [0.29, 0.717) is 5.69 Å². The van der Waals surface area contributed by atoms with Crippen molar-refractivity contribution in [1.82, 2.24) is 4.90 Å². The van der Waals surface area contributed by atoms with Crippen LogP contribution in [0.25, 0.3) is 0 Å². The van der Waals surface area contributed by atoms with Gasteiger partial charge in [0.2, 0.25) is 15.9 Å². The first-order valence-corrected chi connectivity index (χ1v) is 12.7. The van der Waals surface area contributed by atoms with Crippen LogP contribution in [0.4, 0.5) is 17.1 Å². The van der Waals surface area contributed by atoms with Crippen molar-refractivity contribution in [3.8, 4) is 0 Å². The Hall–Kier alpha value is -2.67. The number of hydrogen-bond acceptors (Lipinski definition) is 8. The van der Waals surface area contributed by atoms with E-state index >= 15 is 0 Å². The molecule has 1 fully saturated rings. The zero-order valence-electron chi connectivity index (χ0n) is 17.3. The molecule has 1 amide bonds. The maximum absolute atomic E-state index is 12.3. The Labute approximate surface area is 190 Å². The van der Waals surface area contributed by atoms with Crippen molar-refractivity contribution in [3.05, 3.63) is 58.1 Å². The number of thioether (sulfide) groups is 1. The van der Waals surface area contributed by atoms with Crippen LogP contribution in [-0.2, 0) is 21.4 Å². The number of carbonyl (C=O) groups excluding carboxylic acids is 1. The molecule has 2 aromatic rings. The number of anilines is 2. The minimum atomic E-state index is -4.06. The molecule has 0 spiro atoms. The zero-order chi connectivity index (χ0) is 23.1. The Morgan fingerprint density at radius 3 is 2.62 bits per heavy atom. The average molecular weight is 480 g/mol. The number of nitrogens with two attached hydrogens (primary N) is 1. The molecule has 1 heterocycles. The molecule has 12 heteroatoms. The standard InChI is InChI=1S/C20H25N5O5S2/c21-32(29,30)17-4-5-18(19(13-17)25(27)28)22-7-6-20(26)23-16-3-1-2-15(12-16)14-24-8-10-31-11-9-24/h1-5,12-13,22H,6-11,14H2,(H,23,26)(H2,21,29,30). The molecule has 1 saturated heterocycles. The second-order valence-corrected chi connectivity index (χ2v) is 10.1. The summed E-state index contributed by atoms with van der Waals surface area (Å²) in [5, 5.41) is 21.9. The van der Waals surface area contributed by atoms with Crippen LogP contribution < -0.4 is 15.8 Å². The fourth-order valence-electron chi connectivity index (χ4n) is 3.29. The van der Waals surface area contributed by atoms with E-state index in [9.17, 15) is 23.3 Å². The van der Waals surface area contributed by atoms with Crippen molar-refractivity contribution in [3.63, 3.8) is 0 Å². The molecule has 4 N–H and O–H groups in total. The number of amides is 1. The van der Waals surface area contributed by atoms with Gasteiger partial charge in [0.25, 0.3) is 5.69 Å². The second kappa shape index (κ2) is 10.8. The fraction of sp³-hybridized carbons (Fsp3) is 0.350. The SMILES string of the molecule is NS(=O)(=O)c1ccc(NCCC(=O)Nc2cccc(CN3CCSCC3)c2)c([N+](=O)[O-])c1. The van der Waals surface area contributed by atoms with E-state index in [1.807, 2.05) is 36.0 Å². The van der Waals surface area contributed by atoms with Gasteiger partial charge < -0.3 is 10.6 Å². The molecule has 1 aliphatic heterocycles. The van der Waals surface area contributed by atoms with E-state index in [2.05, 4.69) is 15.5 Å². The molecule has 2 aromatic carbocycles. The topological polar surface area (TPSA) is 148 Å². The molecular formula is C20H25N5O5S2. The van der Waals surface area contributed by atoms with Gasteiger partial charge in [0.15, 0.2) is 0 Å². The van der Waals surface area contributed by atoms with Crippen LogP contribution in [0.1, 0.15) is 12.0 Å². The predicted octanol–water partition coefficient (Wildman–Crippen LogP) is 2.23. The summed E-state index contributed by atoms with van der Waals surface area (Å²) in [5.41, 5.74) is 1.50. The van der Waals surface area contributed by atoms with Crippen molar-refractivity contribution in [2.24, 2.45) is 5.14 Å². The summed E-state index contributed by atoms with van der Waals surface area (Å²) in [7, 11) is -4.06. The number of nitrogens with one attached hydrogen (secondary N) is 2. The van der Waals surface area contributed by atoms with Crippen molar-refractivity contribution in [1.29, 1.82) is 0 Å². The molecule has 0 saturated carbocycles. The van der Waals surface area contributed by atoms with Gasteiger partial charge >= 0.3 is 0 Å². The average Bonchev–Trinajstić information content (AvgIpc) is 2.74. The molecule has 0 radical (unpaired) electrons. The van der Waals surface area contributed by atoms with Crippen molar-refractivity contribution >= 4 is 44.8 Å². The van der Waals surface area contributed by atoms with Gasteiger partial charge in [0.1, 0.15) is 5.69 Å². The number of carbonyl (C=O) groups is 1. The first kappa shape index (κ1) is 24.0. The largest absolute Gasteiger partial charge is 0.379 e. The second-order valence-electron chi connectivity index (χ2n) is 7.29. The normalized spacial score (nSPS) is 14.7. The fourth-order valence-corrected chi connectivity index (χ4v) is 4.80. The monoisotopic (exact) mass is 479 g/mol. The number of nitro benzene ring substituents is 1. The van der Waals surface area contributed by atoms with Gasteiger partial charge in [-0.25, -0.2) is 13.6 Å². The summed E-state index contributed by atoms with van der Waals surface area (Å²) in [6, 6.07) is 11.0. The van der Waals surface area contributed by atoms with E-state index in [1.165, 1.54) is 12.1 Å². The number of rotatable bonds is 9. The molecule has 0 aliphatic carbocycles. The Kier molecular flexibility index (Phi) is 8.07. The molecule has 0 unspecified atom stereocenters. The molecule has 1 aliphatic rings. The third-order valence-electron chi connectivity index (χ3n) is 4.88. The van der Waals surface area contributed by atoms with Crippen LogP contribution >= 0.6 is 11.8 Å². The lowest BCUT2D eigenvalue weighted by atomic mass is 10.2. The number of nitrogens with zero attached hydrogens (tertiary/aromatic N) is 2. The van der Waals surface area contributed by atoms with E-state index in [-0.39, 0.29) is 29.5 Å². The van der Waals surface area contributed by atoms with Gasteiger partial charge in [-0.2, -0.15) is 11.8 Å². The smallest absolute Gasteiger partial charge is 0.293 e. The molecule has 3 rings (SSSR count). The highest BCUT2D eigenvalue weighted by atomic mass is 32.2. The van der Waals surface area contributed by atoms with E-state index in [4.69, 9.17) is 5.14 Å².